The number of rotatable bonds is 6. The van der Waals surface area contributed by atoms with Gasteiger partial charge in [-0.05, 0) is 12.1 Å². The number of imidazole rings is 1. The molecule has 0 radical (unpaired) electrons. The normalized spacial score (nSPS) is 13.0. The lowest BCUT2D eigenvalue weighted by Gasteiger charge is -2.15. The minimum atomic E-state index is -4.03. The first-order valence-corrected chi connectivity index (χ1v) is 9.08. The van der Waals surface area contributed by atoms with Crippen molar-refractivity contribution < 1.29 is 18.3 Å². The number of hydrogen-bond donors (Lipinski definition) is 3. The highest BCUT2D eigenvalue weighted by atomic mass is 35.5. The van der Waals surface area contributed by atoms with Gasteiger partial charge >= 0.3 is 5.97 Å². The molecule has 12 heteroatoms. The molecule has 1 atom stereocenters. The van der Waals surface area contributed by atoms with E-state index in [9.17, 15) is 18.3 Å². The van der Waals surface area contributed by atoms with Gasteiger partial charge in [0.1, 0.15) is 11.6 Å². The molecule has 0 saturated carbocycles. The standard InChI is InChI=1S/C14H13ClN6O4S/c15-11-10-12(19-14(16)18-11)21(7-17-10)6-9(13(22)23)20-26(24,25)8-4-2-1-3-5-8/h1-5,7,9,20H,6H2,(H,22,23)(H2,16,18,19)/t9-/m0/s1. The topological polar surface area (TPSA) is 153 Å². The fourth-order valence-corrected chi connectivity index (χ4v) is 3.70. The highest BCUT2D eigenvalue weighted by Gasteiger charge is 2.26. The van der Waals surface area contributed by atoms with E-state index in [1.807, 2.05) is 0 Å². The first-order chi connectivity index (χ1) is 12.3. The second kappa shape index (κ2) is 6.86. The summed E-state index contributed by atoms with van der Waals surface area (Å²) in [6.45, 7) is -0.273. The second-order valence-electron chi connectivity index (χ2n) is 5.27. The Morgan fingerprint density at radius 1 is 1.31 bits per heavy atom. The van der Waals surface area contributed by atoms with Crippen LogP contribution in [0, 0.1) is 0 Å². The number of carboxylic acid groups (broad SMARTS) is 1. The fourth-order valence-electron chi connectivity index (χ4n) is 2.28. The predicted octanol–water partition coefficient (Wildman–Crippen LogP) is 0.494. The van der Waals surface area contributed by atoms with E-state index in [4.69, 9.17) is 17.3 Å². The summed E-state index contributed by atoms with van der Waals surface area (Å²) in [5.74, 6) is -1.47. The lowest BCUT2D eigenvalue weighted by molar-refractivity contribution is -0.139. The number of nitrogens with zero attached hydrogens (tertiary/aromatic N) is 4. The number of nitrogens with two attached hydrogens (primary N) is 1. The van der Waals surface area contributed by atoms with Crippen molar-refractivity contribution in [2.45, 2.75) is 17.5 Å². The SMILES string of the molecule is Nc1nc(Cl)c2ncn(C[C@H](NS(=O)(=O)c3ccccc3)C(=O)O)c2n1. The zero-order chi connectivity index (χ0) is 18.9. The Morgan fingerprint density at radius 3 is 2.65 bits per heavy atom. The van der Waals surface area contributed by atoms with Gasteiger partial charge < -0.3 is 15.4 Å². The van der Waals surface area contributed by atoms with Crippen LogP contribution in [0.5, 0.6) is 0 Å². The third-order valence-corrected chi connectivity index (χ3v) is 5.22. The smallest absolute Gasteiger partial charge is 0.323 e. The van der Waals surface area contributed by atoms with Crippen molar-refractivity contribution in [1.29, 1.82) is 0 Å². The number of nitrogen functional groups attached to an aromatic ring is 1. The molecule has 3 aromatic rings. The number of halogens is 1. The van der Waals surface area contributed by atoms with Crippen molar-refractivity contribution in [2.75, 3.05) is 5.73 Å². The number of sulfonamides is 1. The van der Waals surface area contributed by atoms with E-state index in [0.717, 1.165) is 0 Å². The number of aromatic nitrogens is 4. The predicted molar refractivity (Wildman–Crippen MR) is 92.9 cm³/mol. The molecule has 0 bridgehead atoms. The summed E-state index contributed by atoms with van der Waals surface area (Å²) >= 11 is 5.93. The van der Waals surface area contributed by atoms with Gasteiger partial charge in [-0.15, -0.1) is 0 Å². The second-order valence-corrected chi connectivity index (χ2v) is 7.34. The number of anilines is 1. The number of carboxylic acids is 1. The number of carbonyl (C=O) groups is 1. The summed E-state index contributed by atoms with van der Waals surface area (Å²) in [7, 11) is -4.03. The quantitative estimate of drug-likeness (QED) is 0.509. The number of fused-ring (bicyclic) bond motifs is 1. The molecule has 26 heavy (non-hydrogen) atoms. The van der Waals surface area contributed by atoms with Gasteiger partial charge in [-0.2, -0.15) is 14.7 Å². The average Bonchev–Trinajstić information content (AvgIpc) is 2.98. The zero-order valence-corrected chi connectivity index (χ0v) is 14.6. The van der Waals surface area contributed by atoms with E-state index in [1.165, 1.54) is 35.2 Å². The van der Waals surface area contributed by atoms with Gasteiger partial charge in [0.2, 0.25) is 16.0 Å². The van der Waals surface area contributed by atoms with Crippen molar-refractivity contribution in [3.8, 4) is 0 Å². The third kappa shape index (κ3) is 3.59. The molecule has 0 fully saturated rings. The summed E-state index contributed by atoms with van der Waals surface area (Å²) in [5.41, 5.74) is 5.98. The van der Waals surface area contributed by atoms with Crippen molar-refractivity contribution >= 4 is 44.7 Å². The number of aliphatic carboxylic acids is 1. The lowest BCUT2D eigenvalue weighted by Crippen LogP contribution is -2.43. The highest BCUT2D eigenvalue weighted by molar-refractivity contribution is 7.89. The Balaban J connectivity index is 1.92. The van der Waals surface area contributed by atoms with Gasteiger partial charge in [0.25, 0.3) is 0 Å². The first-order valence-electron chi connectivity index (χ1n) is 7.22. The first kappa shape index (κ1) is 18.0. The van der Waals surface area contributed by atoms with Crippen LogP contribution in [0.3, 0.4) is 0 Å². The Bertz CT molecular complexity index is 1070. The molecule has 10 nitrogen and oxygen atoms in total. The van der Waals surface area contributed by atoms with Crippen molar-refractivity contribution in [1.82, 2.24) is 24.2 Å². The largest absolute Gasteiger partial charge is 0.480 e. The zero-order valence-electron chi connectivity index (χ0n) is 13.1. The van der Waals surface area contributed by atoms with Crippen LogP contribution in [0.25, 0.3) is 11.2 Å². The molecule has 0 aliphatic heterocycles. The van der Waals surface area contributed by atoms with E-state index in [2.05, 4.69) is 19.7 Å². The number of hydrogen-bond acceptors (Lipinski definition) is 7. The molecule has 0 saturated heterocycles. The maximum atomic E-state index is 12.4. The van der Waals surface area contributed by atoms with E-state index >= 15 is 0 Å². The van der Waals surface area contributed by atoms with Crippen molar-refractivity contribution in [3.05, 3.63) is 41.8 Å². The van der Waals surface area contributed by atoms with Crippen LogP contribution in [0.1, 0.15) is 0 Å². The fraction of sp³-hybridized carbons (Fsp3) is 0.143. The molecule has 0 spiro atoms. The highest BCUT2D eigenvalue weighted by Crippen LogP contribution is 2.20. The van der Waals surface area contributed by atoms with Crippen LogP contribution in [-0.4, -0.2) is 45.1 Å². The van der Waals surface area contributed by atoms with Gasteiger partial charge in [-0.25, -0.2) is 13.4 Å². The van der Waals surface area contributed by atoms with Crippen molar-refractivity contribution in [2.24, 2.45) is 0 Å². The van der Waals surface area contributed by atoms with Gasteiger partial charge in [0.05, 0.1) is 17.8 Å². The summed E-state index contributed by atoms with van der Waals surface area (Å²) in [6, 6.07) is 5.99. The minimum absolute atomic E-state index is 0.0167. The number of nitrogens with one attached hydrogen (secondary N) is 1. The molecule has 2 heterocycles. The maximum absolute atomic E-state index is 12.4. The summed E-state index contributed by atoms with van der Waals surface area (Å²) in [5, 5.41) is 9.44. The van der Waals surface area contributed by atoms with E-state index in [-0.39, 0.29) is 33.7 Å². The van der Waals surface area contributed by atoms with E-state index < -0.39 is 22.0 Å². The molecular weight excluding hydrogens is 384 g/mol. The summed E-state index contributed by atoms with van der Waals surface area (Å²) in [4.78, 5) is 23.3. The molecular formula is C14H13ClN6O4S. The van der Waals surface area contributed by atoms with E-state index in [0.29, 0.717) is 0 Å². The van der Waals surface area contributed by atoms with E-state index in [1.54, 1.807) is 6.07 Å². The Kier molecular flexibility index (Phi) is 4.76. The van der Waals surface area contributed by atoms with Crippen LogP contribution in [0.4, 0.5) is 5.95 Å². The van der Waals surface area contributed by atoms with Gasteiger partial charge in [0.15, 0.2) is 10.8 Å². The average molecular weight is 397 g/mol. The molecule has 2 aromatic heterocycles. The lowest BCUT2D eigenvalue weighted by atomic mass is 10.3. The van der Waals surface area contributed by atoms with Crippen LogP contribution in [0.2, 0.25) is 5.15 Å². The third-order valence-electron chi connectivity index (χ3n) is 3.47. The molecule has 0 amide bonds. The van der Waals surface area contributed by atoms with Crippen LogP contribution >= 0.6 is 11.6 Å². The Hall–Kier alpha value is -2.76. The molecule has 1 aromatic carbocycles. The minimum Gasteiger partial charge on any atom is -0.480 e. The summed E-state index contributed by atoms with van der Waals surface area (Å²) < 4.78 is 28.3. The Labute approximate surface area is 152 Å². The van der Waals surface area contributed by atoms with Gasteiger partial charge in [0, 0.05) is 0 Å². The monoisotopic (exact) mass is 396 g/mol. The van der Waals surface area contributed by atoms with Gasteiger partial charge in [-0.1, -0.05) is 29.8 Å². The van der Waals surface area contributed by atoms with Crippen LogP contribution < -0.4 is 10.5 Å². The molecule has 0 aliphatic carbocycles. The molecule has 0 aliphatic rings. The van der Waals surface area contributed by atoms with Crippen molar-refractivity contribution in [3.63, 3.8) is 0 Å². The van der Waals surface area contributed by atoms with Crippen LogP contribution in [-0.2, 0) is 21.4 Å². The summed E-state index contributed by atoms with van der Waals surface area (Å²) in [6.07, 6.45) is 1.29. The van der Waals surface area contributed by atoms with Crippen LogP contribution in [0.15, 0.2) is 41.6 Å². The van der Waals surface area contributed by atoms with Gasteiger partial charge in [-0.3, -0.25) is 4.79 Å². The maximum Gasteiger partial charge on any atom is 0.323 e. The Morgan fingerprint density at radius 2 is 2.00 bits per heavy atom. The molecule has 0 unspecified atom stereocenters. The number of benzene rings is 1. The molecule has 3 rings (SSSR count). The molecule has 136 valence electrons. The molecule has 4 N–H and O–H groups in total.